The molecule has 0 aromatic heterocycles. The van der Waals surface area contributed by atoms with Crippen LogP contribution in [0, 0.1) is 0 Å². The van der Waals surface area contributed by atoms with Crippen LogP contribution in [0.5, 0.6) is 0 Å². The summed E-state index contributed by atoms with van der Waals surface area (Å²) < 4.78 is 5.63. The molecular formula is C23H46O2. The van der Waals surface area contributed by atoms with Crippen LogP contribution in [0.4, 0.5) is 0 Å². The Morgan fingerprint density at radius 3 is 1.56 bits per heavy atom. The molecule has 0 amide bonds. The van der Waals surface area contributed by atoms with Crippen LogP contribution >= 0.6 is 0 Å². The van der Waals surface area contributed by atoms with Crippen molar-refractivity contribution in [1.29, 1.82) is 0 Å². The van der Waals surface area contributed by atoms with E-state index in [9.17, 15) is 4.79 Å². The van der Waals surface area contributed by atoms with Gasteiger partial charge < -0.3 is 4.74 Å². The summed E-state index contributed by atoms with van der Waals surface area (Å²) in [4.78, 5) is 11.9. The predicted molar refractivity (Wildman–Crippen MR) is 110 cm³/mol. The first-order chi connectivity index (χ1) is 12.2. The van der Waals surface area contributed by atoms with Crippen LogP contribution in [0.25, 0.3) is 0 Å². The lowest BCUT2D eigenvalue weighted by molar-refractivity contribution is -0.149. The predicted octanol–water partition coefficient (Wildman–Crippen LogP) is 7.98. The lowest BCUT2D eigenvalue weighted by Gasteiger charge is -2.16. The molecule has 150 valence electrons. The van der Waals surface area contributed by atoms with Crippen molar-refractivity contribution >= 4 is 5.97 Å². The molecule has 2 heteroatoms. The highest BCUT2D eigenvalue weighted by Gasteiger charge is 2.11. The zero-order valence-corrected chi connectivity index (χ0v) is 17.6. The van der Waals surface area contributed by atoms with E-state index >= 15 is 0 Å². The highest BCUT2D eigenvalue weighted by atomic mass is 16.5. The minimum Gasteiger partial charge on any atom is -0.462 e. The Balaban J connectivity index is 3.41. The topological polar surface area (TPSA) is 26.3 Å². The number of unbranched alkanes of at least 4 members (excludes halogenated alkanes) is 13. The summed E-state index contributed by atoms with van der Waals surface area (Å²) in [5, 5.41) is 0. The second-order valence-corrected chi connectivity index (χ2v) is 7.65. The maximum atomic E-state index is 11.9. The fourth-order valence-electron chi connectivity index (χ4n) is 3.32. The van der Waals surface area contributed by atoms with Crippen LogP contribution in [-0.2, 0) is 9.53 Å². The zero-order valence-electron chi connectivity index (χ0n) is 17.6. The van der Waals surface area contributed by atoms with E-state index in [2.05, 4.69) is 20.8 Å². The fourth-order valence-corrected chi connectivity index (χ4v) is 3.32. The van der Waals surface area contributed by atoms with Gasteiger partial charge in [-0.25, -0.2) is 0 Å². The highest BCUT2D eigenvalue weighted by molar-refractivity contribution is 5.69. The molecule has 0 rings (SSSR count). The first-order valence-corrected chi connectivity index (χ1v) is 11.4. The van der Waals surface area contributed by atoms with Crippen molar-refractivity contribution in [3.8, 4) is 0 Å². The Hall–Kier alpha value is -0.530. The van der Waals surface area contributed by atoms with Gasteiger partial charge in [0.1, 0.15) is 6.10 Å². The van der Waals surface area contributed by atoms with Gasteiger partial charge in [0.05, 0.1) is 0 Å². The molecule has 1 atom stereocenters. The molecule has 0 saturated carbocycles. The number of hydrogen-bond donors (Lipinski definition) is 0. The van der Waals surface area contributed by atoms with Gasteiger partial charge in [0.15, 0.2) is 0 Å². The molecule has 0 heterocycles. The summed E-state index contributed by atoms with van der Waals surface area (Å²) in [5.41, 5.74) is 0. The van der Waals surface area contributed by atoms with Gasteiger partial charge in [0.25, 0.3) is 0 Å². The lowest BCUT2D eigenvalue weighted by atomic mass is 10.1. The largest absolute Gasteiger partial charge is 0.462 e. The number of ether oxygens (including phenoxy) is 1. The van der Waals surface area contributed by atoms with Gasteiger partial charge in [0.2, 0.25) is 0 Å². The number of carbonyl (C=O) groups is 1. The lowest BCUT2D eigenvalue weighted by Crippen LogP contribution is -2.17. The van der Waals surface area contributed by atoms with Gasteiger partial charge >= 0.3 is 5.97 Å². The second kappa shape index (κ2) is 19.8. The second-order valence-electron chi connectivity index (χ2n) is 7.65. The first-order valence-electron chi connectivity index (χ1n) is 11.4. The average molecular weight is 355 g/mol. The van der Waals surface area contributed by atoms with Crippen LogP contribution in [0.3, 0.4) is 0 Å². The van der Waals surface area contributed by atoms with Crippen LogP contribution in [0.1, 0.15) is 136 Å². The van der Waals surface area contributed by atoms with Crippen molar-refractivity contribution < 1.29 is 9.53 Å². The normalized spacial score (nSPS) is 12.3. The van der Waals surface area contributed by atoms with E-state index in [0.717, 1.165) is 19.3 Å². The molecule has 0 N–H and O–H groups in total. The summed E-state index contributed by atoms with van der Waals surface area (Å²) in [6.07, 6.45) is 22.3. The van der Waals surface area contributed by atoms with E-state index in [1.807, 2.05) is 0 Å². The Kier molecular flexibility index (Phi) is 19.4. The van der Waals surface area contributed by atoms with Crippen molar-refractivity contribution in [3.63, 3.8) is 0 Å². The van der Waals surface area contributed by atoms with Crippen molar-refractivity contribution in [3.05, 3.63) is 0 Å². The number of esters is 1. The summed E-state index contributed by atoms with van der Waals surface area (Å²) in [7, 11) is 0. The molecule has 0 aliphatic heterocycles. The molecule has 0 aliphatic rings. The van der Waals surface area contributed by atoms with Crippen LogP contribution in [-0.4, -0.2) is 12.1 Å². The van der Waals surface area contributed by atoms with Gasteiger partial charge in [-0.2, -0.15) is 0 Å². The number of rotatable bonds is 19. The Morgan fingerprint density at radius 1 is 0.640 bits per heavy atom. The number of hydrogen-bond acceptors (Lipinski definition) is 2. The maximum absolute atomic E-state index is 11.9. The van der Waals surface area contributed by atoms with E-state index in [4.69, 9.17) is 4.74 Å². The summed E-state index contributed by atoms with van der Waals surface area (Å²) in [5.74, 6) is 0.0262. The van der Waals surface area contributed by atoms with E-state index in [1.54, 1.807) is 0 Å². The summed E-state index contributed by atoms with van der Waals surface area (Å²) in [6.45, 7) is 6.62. The molecule has 0 aromatic rings. The van der Waals surface area contributed by atoms with Crippen LogP contribution in [0.15, 0.2) is 0 Å². The van der Waals surface area contributed by atoms with Gasteiger partial charge in [0, 0.05) is 6.42 Å². The Bertz CT molecular complexity index is 275. The molecule has 0 radical (unpaired) electrons. The van der Waals surface area contributed by atoms with E-state index in [1.165, 1.54) is 89.9 Å². The van der Waals surface area contributed by atoms with Gasteiger partial charge in [-0.05, 0) is 25.7 Å². The third kappa shape index (κ3) is 18.1. The molecule has 25 heavy (non-hydrogen) atoms. The van der Waals surface area contributed by atoms with E-state index in [0.29, 0.717) is 6.42 Å². The Morgan fingerprint density at radius 2 is 1.08 bits per heavy atom. The molecule has 0 aromatic carbocycles. The SMILES string of the molecule is CCCCCCCCCCCCCC(=O)O[C@@H](CC)CCCCCC. The van der Waals surface area contributed by atoms with Crippen LogP contribution < -0.4 is 0 Å². The quantitative estimate of drug-likeness (QED) is 0.173. The van der Waals surface area contributed by atoms with Crippen molar-refractivity contribution in [2.75, 3.05) is 0 Å². The zero-order chi connectivity index (χ0) is 18.6. The summed E-state index contributed by atoms with van der Waals surface area (Å²) >= 11 is 0. The third-order valence-electron chi connectivity index (χ3n) is 5.12. The molecule has 0 saturated heterocycles. The monoisotopic (exact) mass is 354 g/mol. The first kappa shape index (κ1) is 24.5. The van der Waals surface area contributed by atoms with Gasteiger partial charge in [-0.3, -0.25) is 4.79 Å². The summed E-state index contributed by atoms with van der Waals surface area (Å²) in [6, 6.07) is 0. The molecule has 0 fully saturated rings. The minimum atomic E-state index is 0.0262. The molecule has 0 spiro atoms. The standard InChI is InChI=1S/C23H46O2/c1-4-7-9-11-12-13-14-15-16-17-19-21-23(24)25-22(6-3)20-18-10-8-5-2/h22H,4-21H2,1-3H3/t22-/m0/s1. The Labute approximate surface area is 158 Å². The molecule has 0 bridgehead atoms. The van der Waals surface area contributed by atoms with Gasteiger partial charge in [-0.15, -0.1) is 0 Å². The van der Waals surface area contributed by atoms with E-state index in [-0.39, 0.29) is 12.1 Å². The molecule has 2 nitrogen and oxygen atoms in total. The maximum Gasteiger partial charge on any atom is 0.306 e. The van der Waals surface area contributed by atoms with Gasteiger partial charge in [-0.1, -0.05) is 104 Å². The fraction of sp³-hybridized carbons (Fsp3) is 0.957. The number of carbonyl (C=O) groups excluding carboxylic acids is 1. The van der Waals surface area contributed by atoms with Crippen molar-refractivity contribution in [2.45, 2.75) is 142 Å². The third-order valence-corrected chi connectivity index (χ3v) is 5.12. The molecular weight excluding hydrogens is 308 g/mol. The molecule has 0 unspecified atom stereocenters. The minimum absolute atomic E-state index is 0.0262. The average Bonchev–Trinajstić information content (AvgIpc) is 2.62. The van der Waals surface area contributed by atoms with Crippen molar-refractivity contribution in [1.82, 2.24) is 0 Å². The van der Waals surface area contributed by atoms with Crippen molar-refractivity contribution in [2.24, 2.45) is 0 Å². The molecule has 0 aliphatic carbocycles. The highest BCUT2D eigenvalue weighted by Crippen LogP contribution is 2.14. The van der Waals surface area contributed by atoms with Crippen LogP contribution in [0.2, 0.25) is 0 Å². The van der Waals surface area contributed by atoms with E-state index < -0.39 is 0 Å². The smallest absolute Gasteiger partial charge is 0.306 e.